The van der Waals surface area contributed by atoms with E-state index < -0.39 is 0 Å². The monoisotopic (exact) mass is 563 g/mol. The summed E-state index contributed by atoms with van der Waals surface area (Å²) in [6.07, 6.45) is 9.11. The van der Waals surface area contributed by atoms with E-state index in [-0.39, 0.29) is 11.6 Å². The first-order valence-corrected chi connectivity index (χ1v) is 16.0. The molecule has 6 rings (SSSR count). The van der Waals surface area contributed by atoms with Gasteiger partial charge in [-0.15, -0.1) is 0 Å². The zero-order valence-electron chi connectivity index (χ0n) is 24.9. The summed E-state index contributed by atoms with van der Waals surface area (Å²) in [4.78, 5) is 2.32. The molecule has 2 atom stereocenters. The second-order valence-electron chi connectivity index (χ2n) is 12.6. The van der Waals surface area contributed by atoms with Crippen LogP contribution in [0.3, 0.4) is 0 Å². The Morgan fingerprint density at radius 1 is 0.762 bits per heavy atom. The van der Waals surface area contributed by atoms with E-state index in [4.69, 9.17) is 0 Å². The van der Waals surface area contributed by atoms with E-state index in [1.54, 1.807) is 29.8 Å². The minimum Gasteiger partial charge on any atom is -0.299 e. The predicted molar refractivity (Wildman–Crippen MR) is 169 cm³/mol. The van der Waals surface area contributed by atoms with Crippen LogP contribution in [0.5, 0.6) is 0 Å². The van der Waals surface area contributed by atoms with Crippen LogP contribution in [0.15, 0.2) is 91.0 Å². The minimum absolute atomic E-state index is 0.115. The molecule has 0 amide bonds. The summed E-state index contributed by atoms with van der Waals surface area (Å²) < 4.78 is 27.7. The maximum atomic E-state index is 14.1. The van der Waals surface area contributed by atoms with Crippen molar-refractivity contribution >= 4 is 0 Å². The number of benzene rings is 4. The highest BCUT2D eigenvalue weighted by molar-refractivity contribution is 5.41. The van der Waals surface area contributed by atoms with Crippen molar-refractivity contribution in [2.45, 2.75) is 76.7 Å². The summed E-state index contributed by atoms with van der Waals surface area (Å²) in [7, 11) is 0. The lowest BCUT2D eigenvalue weighted by Crippen LogP contribution is -2.25. The van der Waals surface area contributed by atoms with Crippen molar-refractivity contribution in [1.29, 1.82) is 0 Å². The Hall–Kier alpha value is -3.30. The standard InChI is InChI=1S/C39H43F2N/c1-2-42(27-35-7-3-4-8-39(35)41)23-5-6-28-9-11-30(12-10-28)25-38-33(24-29-13-20-36(40)21-14-29)17-18-34-26-32(31-15-16-31)19-22-37(34)38/h3-4,7-14,19-22,26,31,33,38H,2,5-6,15-18,23-25,27H2,1H3. The SMILES string of the molecule is CCN(CCCc1ccc(CC2c3ccc(C4CC4)cc3CCC2Cc2ccc(F)cc2)cc1)Cc1ccccc1F. The molecule has 2 aliphatic rings. The van der Waals surface area contributed by atoms with Gasteiger partial charge in [0.05, 0.1) is 0 Å². The van der Waals surface area contributed by atoms with Crippen molar-refractivity contribution in [3.05, 3.63) is 142 Å². The molecule has 218 valence electrons. The van der Waals surface area contributed by atoms with Gasteiger partial charge in [0.1, 0.15) is 11.6 Å². The lowest BCUT2D eigenvalue weighted by atomic mass is 9.70. The summed E-state index contributed by atoms with van der Waals surface area (Å²) in [5.74, 6) is 1.51. The van der Waals surface area contributed by atoms with Gasteiger partial charge in [0, 0.05) is 12.1 Å². The normalized spacial score (nSPS) is 18.3. The highest BCUT2D eigenvalue weighted by Crippen LogP contribution is 2.45. The van der Waals surface area contributed by atoms with Crippen molar-refractivity contribution in [2.75, 3.05) is 13.1 Å². The first-order valence-electron chi connectivity index (χ1n) is 16.0. The molecule has 0 saturated heterocycles. The topological polar surface area (TPSA) is 3.24 Å². The summed E-state index contributed by atoms with van der Waals surface area (Å²) in [5.41, 5.74) is 9.36. The Morgan fingerprint density at radius 3 is 2.21 bits per heavy atom. The molecule has 0 radical (unpaired) electrons. The lowest BCUT2D eigenvalue weighted by Gasteiger charge is -2.34. The van der Waals surface area contributed by atoms with Crippen LogP contribution >= 0.6 is 0 Å². The molecule has 42 heavy (non-hydrogen) atoms. The number of aryl methyl sites for hydroxylation is 2. The molecule has 0 heterocycles. The van der Waals surface area contributed by atoms with Gasteiger partial charge in [-0.05, 0) is 134 Å². The smallest absolute Gasteiger partial charge is 0.127 e. The van der Waals surface area contributed by atoms with E-state index in [9.17, 15) is 8.78 Å². The van der Waals surface area contributed by atoms with Crippen molar-refractivity contribution in [3.8, 4) is 0 Å². The first-order chi connectivity index (χ1) is 20.6. The van der Waals surface area contributed by atoms with Crippen molar-refractivity contribution in [3.63, 3.8) is 0 Å². The zero-order valence-corrected chi connectivity index (χ0v) is 24.9. The van der Waals surface area contributed by atoms with Gasteiger partial charge >= 0.3 is 0 Å². The van der Waals surface area contributed by atoms with Crippen LogP contribution in [0.25, 0.3) is 0 Å². The number of rotatable bonds is 12. The van der Waals surface area contributed by atoms with Crippen LogP contribution in [-0.2, 0) is 32.2 Å². The molecule has 2 aliphatic carbocycles. The quantitative estimate of drug-likeness (QED) is 0.166. The van der Waals surface area contributed by atoms with Gasteiger partial charge in [-0.3, -0.25) is 4.90 Å². The molecule has 0 N–H and O–H groups in total. The second kappa shape index (κ2) is 13.3. The number of hydrogen-bond acceptors (Lipinski definition) is 1. The summed E-state index contributed by atoms with van der Waals surface area (Å²) in [6.45, 7) is 4.68. The van der Waals surface area contributed by atoms with E-state index >= 15 is 0 Å². The van der Waals surface area contributed by atoms with E-state index in [2.05, 4.69) is 54.3 Å². The van der Waals surface area contributed by atoms with Crippen LogP contribution in [-0.4, -0.2) is 18.0 Å². The number of fused-ring (bicyclic) bond motifs is 1. The van der Waals surface area contributed by atoms with Crippen molar-refractivity contribution < 1.29 is 8.78 Å². The van der Waals surface area contributed by atoms with E-state index in [0.717, 1.165) is 56.7 Å². The lowest BCUT2D eigenvalue weighted by molar-refractivity contribution is 0.272. The van der Waals surface area contributed by atoms with Crippen LogP contribution in [0.4, 0.5) is 8.78 Å². The Balaban J connectivity index is 1.11. The Kier molecular flexibility index (Phi) is 9.15. The fraction of sp³-hybridized carbons (Fsp3) is 0.385. The molecule has 2 unspecified atom stereocenters. The average Bonchev–Trinajstić information content (AvgIpc) is 3.86. The van der Waals surface area contributed by atoms with Gasteiger partial charge in [-0.1, -0.05) is 79.7 Å². The molecule has 4 aromatic carbocycles. The average molecular weight is 564 g/mol. The third-order valence-electron chi connectivity index (χ3n) is 9.60. The molecule has 4 aromatic rings. The highest BCUT2D eigenvalue weighted by atomic mass is 19.1. The van der Waals surface area contributed by atoms with Crippen LogP contribution in [0.1, 0.15) is 83.4 Å². The molecule has 0 aromatic heterocycles. The molecule has 0 spiro atoms. The number of hydrogen-bond donors (Lipinski definition) is 0. The Morgan fingerprint density at radius 2 is 1.48 bits per heavy atom. The molecule has 0 bridgehead atoms. The largest absolute Gasteiger partial charge is 0.299 e. The van der Waals surface area contributed by atoms with Crippen molar-refractivity contribution in [1.82, 2.24) is 4.90 Å². The summed E-state index contributed by atoms with van der Waals surface area (Å²) in [5, 5.41) is 0. The Bertz CT molecular complexity index is 1450. The molecule has 1 fully saturated rings. The summed E-state index contributed by atoms with van der Waals surface area (Å²) in [6, 6.07) is 30.8. The predicted octanol–water partition coefficient (Wildman–Crippen LogP) is 9.43. The molecular weight excluding hydrogens is 520 g/mol. The second-order valence-corrected chi connectivity index (χ2v) is 12.6. The Labute approximate surface area is 250 Å². The van der Waals surface area contributed by atoms with Gasteiger partial charge in [-0.25, -0.2) is 8.78 Å². The van der Waals surface area contributed by atoms with Crippen molar-refractivity contribution in [2.24, 2.45) is 5.92 Å². The van der Waals surface area contributed by atoms with E-state index in [0.29, 0.717) is 18.4 Å². The first kappa shape index (κ1) is 28.8. The fourth-order valence-corrected chi connectivity index (χ4v) is 6.93. The van der Waals surface area contributed by atoms with Gasteiger partial charge < -0.3 is 0 Å². The van der Waals surface area contributed by atoms with E-state index in [1.165, 1.54) is 47.1 Å². The number of halogens is 2. The minimum atomic E-state index is -0.163. The van der Waals surface area contributed by atoms with Gasteiger partial charge in [0.15, 0.2) is 0 Å². The van der Waals surface area contributed by atoms with Crippen LogP contribution < -0.4 is 0 Å². The third kappa shape index (κ3) is 7.18. The number of nitrogens with zero attached hydrogens (tertiary/aromatic N) is 1. The third-order valence-corrected chi connectivity index (χ3v) is 9.60. The van der Waals surface area contributed by atoms with Crippen LogP contribution in [0, 0.1) is 17.6 Å². The molecule has 3 heteroatoms. The molecule has 1 saturated carbocycles. The van der Waals surface area contributed by atoms with Crippen LogP contribution in [0.2, 0.25) is 0 Å². The molecule has 0 aliphatic heterocycles. The fourth-order valence-electron chi connectivity index (χ4n) is 6.93. The van der Waals surface area contributed by atoms with Gasteiger partial charge in [-0.2, -0.15) is 0 Å². The maximum absolute atomic E-state index is 14.1. The molecular formula is C39H43F2N. The van der Waals surface area contributed by atoms with Gasteiger partial charge in [0.2, 0.25) is 0 Å². The van der Waals surface area contributed by atoms with E-state index in [1.807, 2.05) is 24.3 Å². The molecule has 1 nitrogen and oxygen atoms in total. The highest BCUT2D eigenvalue weighted by Gasteiger charge is 2.31. The zero-order chi connectivity index (χ0) is 28.9. The summed E-state index contributed by atoms with van der Waals surface area (Å²) >= 11 is 0. The van der Waals surface area contributed by atoms with Gasteiger partial charge in [0.25, 0.3) is 0 Å². The maximum Gasteiger partial charge on any atom is 0.127 e.